The molecule has 0 unspecified atom stereocenters. The average molecular weight is 410 g/mol. The first-order valence-electron chi connectivity index (χ1n) is 10.1. The first kappa shape index (κ1) is 19.8. The van der Waals surface area contributed by atoms with Crippen LogP contribution < -0.4 is 0 Å². The molecule has 0 aromatic carbocycles. The minimum absolute atomic E-state index is 0.168. The number of aryl methyl sites for hydroxylation is 1. The lowest BCUT2D eigenvalue weighted by Crippen LogP contribution is -2.52. The van der Waals surface area contributed by atoms with Gasteiger partial charge in [0.15, 0.2) is 0 Å². The van der Waals surface area contributed by atoms with Crippen LogP contribution >= 0.6 is 0 Å². The minimum Gasteiger partial charge on any atom is -0.342 e. The van der Waals surface area contributed by atoms with E-state index in [0.29, 0.717) is 19.6 Å². The molecule has 2 spiro atoms. The molecule has 0 radical (unpaired) electrons. The van der Waals surface area contributed by atoms with Crippen LogP contribution in [0.25, 0.3) is 0 Å². The summed E-state index contributed by atoms with van der Waals surface area (Å²) in [5.41, 5.74) is 0.390. The van der Waals surface area contributed by atoms with E-state index in [1.165, 1.54) is 11.8 Å². The van der Waals surface area contributed by atoms with E-state index in [0.717, 1.165) is 45.4 Å². The monoisotopic (exact) mass is 409 g/mol. The van der Waals surface area contributed by atoms with Gasteiger partial charge in [-0.15, -0.1) is 0 Å². The molecule has 1 aromatic rings. The van der Waals surface area contributed by atoms with E-state index >= 15 is 0 Å². The van der Waals surface area contributed by atoms with Gasteiger partial charge in [-0.25, -0.2) is 12.7 Å². The molecule has 3 aliphatic heterocycles. The molecule has 3 aliphatic rings. The normalized spacial score (nSPS) is 28.8. The summed E-state index contributed by atoms with van der Waals surface area (Å²) in [6, 6.07) is 0. The van der Waals surface area contributed by atoms with Crippen LogP contribution in [0.3, 0.4) is 0 Å². The second-order valence-electron chi connectivity index (χ2n) is 8.83. The number of amides is 1. The minimum atomic E-state index is -3.31. The van der Waals surface area contributed by atoms with E-state index in [1.54, 1.807) is 4.31 Å². The van der Waals surface area contributed by atoms with Crippen molar-refractivity contribution >= 4 is 15.9 Å². The standard InChI is InChI=1S/C19H31N5O3S/c1-4-23-10-7-19(17(23)25)15-24(28(3,26)27)14-18(19)5-8-22(9-6-18)13-16-11-20-21(2)12-16/h11-12H,4-10,13-15H2,1-3H3/t19-/m0/s1. The van der Waals surface area contributed by atoms with Gasteiger partial charge in [-0.2, -0.15) is 5.10 Å². The van der Waals surface area contributed by atoms with Crippen LogP contribution in [0.4, 0.5) is 0 Å². The highest BCUT2D eigenvalue weighted by atomic mass is 32.2. The Kier molecular flexibility index (Phi) is 4.83. The van der Waals surface area contributed by atoms with Crippen molar-refractivity contribution in [3.63, 3.8) is 0 Å². The highest BCUT2D eigenvalue weighted by Crippen LogP contribution is 2.58. The molecule has 0 saturated carbocycles. The number of rotatable bonds is 4. The summed E-state index contributed by atoms with van der Waals surface area (Å²) in [6.45, 7) is 6.89. The molecule has 1 atom stereocenters. The zero-order valence-corrected chi connectivity index (χ0v) is 17.9. The van der Waals surface area contributed by atoms with Gasteiger partial charge >= 0.3 is 0 Å². The van der Waals surface area contributed by atoms with Crippen LogP contribution in [0.1, 0.15) is 31.7 Å². The number of hydrogen-bond donors (Lipinski definition) is 0. The van der Waals surface area contributed by atoms with Crippen LogP contribution in [-0.2, 0) is 28.4 Å². The average Bonchev–Trinajstić information content (AvgIpc) is 3.29. The number of carbonyl (C=O) groups is 1. The number of likely N-dealkylation sites (tertiary alicyclic amines) is 2. The molecular weight excluding hydrogens is 378 g/mol. The highest BCUT2D eigenvalue weighted by molar-refractivity contribution is 7.88. The lowest BCUT2D eigenvalue weighted by molar-refractivity contribution is -0.142. The van der Waals surface area contributed by atoms with Crippen LogP contribution in [-0.4, -0.2) is 83.7 Å². The van der Waals surface area contributed by atoms with Crippen LogP contribution in [0, 0.1) is 10.8 Å². The molecule has 1 aromatic heterocycles. The van der Waals surface area contributed by atoms with E-state index in [9.17, 15) is 13.2 Å². The van der Waals surface area contributed by atoms with Crippen molar-refractivity contribution in [3.05, 3.63) is 18.0 Å². The van der Waals surface area contributed by atoms with Gasteiger partial charge in [0, 0.05) is 56.9 Å². The molecule has 8 nitrogen and oxygen atoms in total. The van der Waals surface area contributed by atoms with Gasteiger partial charge in [-0.3, -0.25) is 14.4 Å². The maximum absolute atomic E-state index is 13.4. The Morgan fingerprint density at radius 2 is 1.86 bits per heavy atom. The summed E-state index contributed by atoms with van der Waals surface area (Å²) in [4.78, 5) is 17.7. The Morgan fingerprint density at radius 3 is 2.39 bits per heavy atom. The van der Waals surface area contributed by atoms with E-state index in [2.05, 4.69) is 10.00 Å². The lowest BCUT2D eigenvalue weighted by atomic mass is 9.60. The number of sulfonamides is 1. The second-order valence-corrected chi connectivity index (χ2v) is 10.8. The predicted molar refractivity (Wildman–Crippen MR) is 106 cm³/mol. The maximum Gasteiger partial charge on any atom is 0.230 e. The molecule has 0 bridgehead atoms. The molecule has 3 fully saturated rings. The van der Waals surface area contributed by atoms with E-state index in [-0.39, 0.29) is 11.3 Å². The fourth-order valence-corrected chi connectivity index (χ4v) is 6.55. The number of piperidine rings is 1. The fourth-order valence-electron chi connectivity index (χ4n) is 5.61. The van der Waals surface area contributed by atoms with Gasteiger partial charge in [0.2, 0.25) is 15.9 Å². The van der Waals surface area contributed by atoms with Gasteiger partial charge in [0.1, 0.15) is 0 Å². The van der Waals surface area contributed by atoms with Gasteiger partial charge < -0.3 is 4.90 Å². The molecule has 9 heteroatoms. The Bertz CT molecular complexity index is 859. The third-order valence-electron chi connectivity index (χ3n) is 7.27. The summed E-state index contributed by atoms with van der Waals surface area (Å²) in [7, 11) is -1.39. The number of nitrogens with zero attached hydrogens (tertiary/aromatic N) is 5. The van der Waals surface area contributed by atoms with E-state index < -0.39 is 15.4 Å². The molecule has 3 saturated heterocycles. The Labute approximate surface area is 167 Å². The van der Waals surface area contributed by atoms with Crippen molar-refractivity contribution in [1.29, 1.82) is 0 Å². The van der Waals surface area contributed by atoms with Crippen LogP contribution in [0.15, 0.2) is 12.4 Å². The van der Waals surface area contributed by atoms with Crippen LogP contribution in [0.5, 0.6) is 0 Å². The first-order chi connectivity index (χ1) is 13.2. The second kappa shape index (κ2) is 6.81. The third-order valence-corrected chi connectivity index (χ3v) is 8.47. The van der Waals surface area contributed by atoms with Gasteiger partial charge in [-0.05, 0) is 39.3 Å². The lowest BCUT2D eigenvalue weighted by Gasteiger charge is -2.47. The fraction of sp³-hybridized carbons (Fsp3) is 0.789. The third kappa shape index (κ3) is 3.07. The van der Waals surface area contributed by atoms with Gasteiger partial charge in [0.25, 0.3) is 0 Å². The topological polar surface area (TPSA) is 78.8 Å². The molecule has 0 N–H and O–H groups in total. The molecule has 4 heterocycles. The van der Waals surface area contributed by atoms with Gasteiger partial charge in [-0.1, -0.05) is 0 Å². The van der Waals surface area contributed by atoms with Crippen molar-refractivity contribution in [2.75, 3.05) is 45.5 Å². The molecule has 156 valence electrons. The number of carbonyl (C=O) groups excluding carboxylic acids is 1. The summed E-state index contributed by atoms with van der Waals surface area (Å²) in [5.74, 6) is 0.168. The Balaban J connectivity index is 1.57. The zero-order valence-electron chi connectivity index (χ0n) is 17.1. The molecule has 4 rings (SSSR count). The summed E-state index contributed by atoms with van der Waals surface area (Å²) in [6.07, 6.45) is 7.70. The predicted octanol–water partition coefficient (Wildman–Crippen LogP) is 0.516. The molecule has 0 aliphatic carbocycles. The molecule has 1 amide bonds. The smallest absolute Gasteiger partial charge is 0.230 e. The zero-order chi connectivity index (χ0) is 20.2. The quantitative estimate of drug-likeness (QED) is 0.724. The Hall–Kier alpha value is -1.45. The first-order valence-corrected chi connectivity index (χ1v) is 12.0. The molecular formula is C19H31N5O3S. The van der Waals surface area contributed by atoms with E-state index in [1.807, 2.05) is 35.9 Å². The van der Waals surface area contributed by atoms with Crippen molar-refractivity contribution in [2.24, 2.45) is 17.9 Å². The number of fused-ring (bicyclic) bond motifs is 1. The summed E-state index contributed by atoms with van der Waals surface area (Å²) in [5, 5.41) is 4.24. The Morgan fingerprint density at radius 1 is 1.14 bits per heavy atom. The SMILES string of the molecule is CCN1CC[C@]2(CN(S(C)(=O)=O)CC23CCN(Cc2cnn(C)c2)CC3)C1=O. The van der Waals surface area contributed by atoms with Crippen molar-refractivity contribution in [3.8, 4) is 0 Å². The molecule has 28 heavy (non-hydrogen) atoms. The van der Waals surface area contributed by atoms with E-state index in [4.69, 9.17) is 0 Å². The van der Waals surface area contributed by atoms with Gasteiger partial charge in [0.05, 0.1) is 17.9 Å². The summed E-state index contributed by atoms with van der Waals surface area (Å²) < 4.78 is 28.1. The maximum atomic E-state index is 13.4. The largest absolute Gasteiger partial charge is 0.342 e. The highest BCUT2D eigenvalue weighted by Gasteiger charge is 2.66. The van der Waals surface area contributed by atoms with Crippen molar-refractivity contribution < 1.29 is 13.2 Å². The van der Waals surface area contributed by atoms with Crippen LogP contribution in [0.2, 0.25) is 0 Å². The van der Waals surface area contributed by atoms with Crippen molar-refractivity contribution in [1.82, 2.24) is 23.9 Å². The summed E-state index contributed by atoms with van der Waals surface area (Å²) >= 11 is 0. The van der Waals surface area contributed by atoms with Crippen molar-refractivity contribution in [2.45, 2.75) is 32.7 Å². The number of hydrogen-bond acceptors (Lipinski definition) is 5. The number of aromatic nitrogens is 2.